The molecule has 15 heavy (non-hydrogen) atoms. The van der Waals surface area contributed by atoms with Gasteiger partial charge in [-0.3, -0.25) is 4.79 Å². The van der Waals surface area contributed by atoms with Crippen molar-refractivity contribution < 1.29 is 4.79 Å². The summed E-state index contributed by atoms with van der Waals surface area (Å²) in [5.41, 5.74) is 0. The lowest BCUT2D eigenvalue weighted by molar-refractivity contribution is 0.0945. The van der Waals surface area contributed by atoms with Crippen LogP contribution in [0.1, 0.15) is 16.6 Å². The minimum Gasteiger partial charge on any atom is -0.293 e. The van der Waals surface area contributed by atoms with Crippen LogP contribution in [0.15, 0.2) is 30.3 Å². The summed E-state index contributed by atoms with van der Waals surface area (Å²) in [7, 11) is 0. The molecule has 1 aromatic heterocycles. The van der Waals surface area contributed by atoms with Gasteiger partial charge in [0.15, 0.2) is 5.78 Å². The van der Waals surface area contributed by atoms with Gasteiger partial charge in [0.25, 0.3) is 0 Å². The zero-order chi connectivity index (χ0) is 10.8. The number of halogens is 1. The predicted molar refractivity (Wildman–Crippen MR) is 66.0 cm³/mol. The third kappa shape index (κ3) is 2.06. The molecule has 2 rings (SSSR count). The van der Waals surface area contributed by atoms with E-state index in [4.69, 9.17) is 11.6 Å². The quantitative estimate of drug-likeness (QED) is 0.584. The van der Waals surface area contributed by atoms with Crippen LogP contribution in [-0.4, -0.2) is 11.7 Å². The van der Waals surface area contributed by atoms with E-state index in [1.807, 2.05) is 37.3 Å². The van der Waals surface area contributed by atoms with Gasteiger partial charge in [-0.1, -0.05) is 25.1 Å². The summed E-state index contributed by atoms with van der Waals surface area (Å²) < 4.78 is 1.16. The molecule has 0 spiro atoms. The number of alkyl halides is 1. The average molecular weight is 239 g/mol. The number of carbonyl (C=O) groups is 1. The minimum atomic E-state index is -0.0975. The van der Waals surface area contributed by atoms with Crippen LogP contribution < -0.4 is 0 Å². The molecule has 0 aliphatic heterocycles. The maximum atomic E-state index is 11.9. The van der Waals surface area contributed by atoms with Crippen molar-refractivity contribution in [1.29, 1.82) is 0 Å². The second kappa shape index (κ2) is 4.33. The Bertz CT molecular complexity index is 456. The third-order valence-electron chi connectivity index (χ3n) is 2.35. The highest BCUT2D eigenvalue weighted by Gasteiger charge is 2.16. The highest BCUT2D eigenvalue weighted by molar-refractivity contribution is 7.20. The van der Waals surface area contributed by atoms with E-state index in [1.54, 1.807) is 11.3 Å². The first-order valence-electron chi connectivity index (χ1n) is 4.81. The molecule has 0 bridgehead atoms. The fourth-order valence-electron chi connectivity index (χ4n) is 1.42. The standard InChI is InChI=1S/C12H11ClOS/c1-8(7-13)12(14)11-6-9-4-2-3-5-10(9)15-11/h2-6,8H,7H2,1H3. The molecule has 1 unspecified atom stereocenters. The predicted octanol–water partition coefficient (Wildman–Crippen LogP) is 3.96. The summed E-state index contributed by atoms with van der Waals surface area (Å²) in [6.07, 6.45) is 0. The molecule has 0 aliphatic rings. The Morgan fingerprint density at radius 2 is 2.20 bits per heavy atom. The van der Waals surface area contributed by atoms with Crippen molar-refractivity contribution in [3.8, 4) is 0 Å². The van der Waals surface area contributed by atoms with E-state index in [0.717, 1.165) is 15.0 Å². The smallest absolute Gasteiger partial charge is 0.176 e. The van der Waals surface area contributed by atoms with Crippen LogP contribution in [0.25, 0.3) is 10.1 Å². The lowest BCUT2D eigenvalue weighted by Crippen LogP contribution is -2.10. The van der Waals surface area contributed by atoms with E-state index in [9.17, 15) is 4.79 Å². The Balaban J connectivity index is 2.41. The Morgan fingerprint density at radius 1 is 1.47 bits per heavy atom. The number of thiophene rings is 1. The molecule has 0 radical (unpaired) electrons. The van der Waals surface area contributed by atoms with Gasteiger partial charge in [0.05, 0.1) is 4.88 Å². The first-order chi connectivity index (χ1) is 7.22. The number of Topliss-reactive ketones (excluding diaryl/α,β-unsaturated/α-hetero) is 1. The summed E-state index contributed by atoms with van der Waals surface area (Å²) in [6.45, 7) is 1.86. The van der Waals surface area contributed by atoms with Crippen LogP contribution in [0.5, 0.6) is 0 Å². The molecule has 1 aromatic carbocycles. The van der Waals surface area contributed by atoms with E-state index in [-0.39, 0.29) is 11.7 Å². The molecule has 0 saturated carbocycles. The molecule has 1 heterocycles. The van der Waals surface area contributed by atoms with Crippen LogP contribution in [0.3, 0.4) is 0 Å². The van der Waals surface area contributed by atoms with E-state index < -0.39 is 0 Å². The monoisotopic (exact) mass is 238 g/mol. The van der Waals surface area contributed by atoms with Gasteiger partial charge in [0, 0.05) is 16.5 Å². The summed E-state index contributed by atoms with van der Waals surface area (Å²) >= 11 is 7.22. The molecule has 1 atom stereocenters. The Labute approximate surface area is 97.7 Å². The number of hydrogen-bond donors (Lipinski definition) is 0. The van der Waals surface area contributed by atoms with Crippen molar-refractivity contribution in [1.82, 2.24) is 0 Å². The van der Waals surface area contributed by atoms with Crippen LogP contribution in [0.4, 0.5) is 0 Å². The maximum absolute atomic E-state index is 11.9. The average Bonchev–Trinajstić information content (AvgIpc) is 2.70. The van der Waals surface area contributed by atoms with Crippen molar-refractivity contribution in [3.63, 3.8) is 0 Å². The van der Waals surface area contributed by atoms with Crippen LogP contribution >= 0.6 is 22.9 Å². The molecule has 0 N–H and O–H groups in total. The molecule has 2 aromatic rings. The van der Waals surface area contributed by atoms with Crippen molar-refractivity contribution in [2.75, 3.05) is 5.88 Å². The fraction of sp³-hybridized carbons (Fsp3) is 0.250. The van der Waals surface area contributed by atoms with Crippen molar-refractivity contribution in [2.45, 2.75) is 6.92 Å². The van der Waals surface area contributed by atoms with E-state index >= 15 is 0 Å². The maximum Gasteiger partial charge on any atom is 0.176 e. The minimum absolute atomic E-state index is 0.0975. The Kier molecular flexibility index (Phi) is 3.08. The number of ketones is 1. The number of rotatable bonds is 3. The molecular weight excluding hydrogens is 228 g/mol. The van der Waals surface area contributed by atoms with Crippen molar-refractivity contribution in [3.05, 3.63) is 35.2 Å². The molecule has 1 nitrogen and oxygen atoms in total. The van der Waals surface area contributed by atoms with E-state index in [0.29, 0.717) is 5.88 Å². The molecule has 0 saturated heterocycles. The fourth-order valence-corrected chi connectivity index (χ4v) is 2.67. The molecule has 0 amide bonds. The molecule has 78 valence electrons. The summed E-state index contributed by atoms with van der Waals surface area (Å²) in [5.74, 6) is 0.429. The van der Waals surface area contributed by atoms with Crippen LogP contribution in [0, 0.1) is 5.92 Å². The van der Waals surface area contributed by atoms with E-state index in [2.05, 4.69) is 0 Å². The van der Waals surface area contributed by atoms with Gasteiger partial charge < -0.3 is 0 Å². The first kappa shape index (κ1) is 10.7. The molecule has 3 heteroatoms. The second-order valence-electron chi connectivity index (χ2n) is 3.57. The Morgan fingerprint density at radius 3 is 2.87 bits per heavy atom. The summed E-state index contributed by atoms with van der Waals surface area (Å²) in [5, 5.41) is 1.13. The van der Waals surface area contributed by atoms with Gasteiger partial charge in [-0.05, 0) is 17.5 Å². The molecule has 0 aliphatic carbocycles. The molecular formula is C12H11ClOS. The van der Waals surface area contributed by atoms with Gasteiger partial charge in [-0.2, -0.15) is 0 Å². The number of carbonyl (C=O) groups excluding carboxylic acids is 1. The zero-order valence-corrected chi connectivity index (χ0v) is 9.94. The highest BCUT2D eigenvalue weighted by Crippen LogP contribution is 2.27. The van der Waals surface area contributed by atoms with E-state index in [1.165, 1.54) is 0 Å². The van der Waals surface area contributed by atoms with Gasteiger partial charge in [-0.15, -0.1) is 22.9 Å². The van der Waals surface area contributed by atoms with Crippen molar-refractivity contribution >= 4 is 38.8 Å². The van der Waals surface area contributed by atoms with Gasteiger partial charge in [-0.25, -0.2) is 0 Å². The Hall–Kier alpha value is -0.860. The number of benzene rings is 1. The summed E-state index contributed by atoms with van der Waals surface area (Å²) in [4.78, 5) is 12.7. The normalized spacial score (nSPS) is 12.9. The lowest BCUT2D eigenvalue weighted by Gasteiger charge is -2.02. The number of hydrogen-bond acceptors (Lipinski definition) is 2. The lowest BCUT2D eigenvalue weighted by atomic mass is 10.1. The van der Waals surface area contributed by atoms with Crippen molar-refractivity contribution in [2.24, 2.45) is 5.92 Å². The third-order valence-corrected chi connectivity index (χ3v) is 3.94. The largest absolute Gasteiger partial charge is 0.293 e. The van der Waals surface area contributed by atoms with Gasteiger partial charge in [0.1, 0.15) is 0 Å². The van der Waals surface area contributed by atoms with Crippen LogP contribution in [-0.2, 0) is 0 Å². The SMILES string of the molecule is CC(CCl)C(=O)c1cc2ccccc2s1. The topological polar surface area (TPSA) is 17.1 Å². The van der Waals surface area contributed by atoms with Gasteiger partial charge >= 0.3 is 0 Å². The summed E-state index contributed by atoms with van der Waals surface area (Å²) in [6, 6.07) is 9.97. The molecule has 0 fully saturated rings. The van der Waals surface area contributed by atoms with Crippen LogP contribution in [0.2, 0.25) is 0 Å². The highest BCUT2D eigenvalue weighted by atomic mass is 35.5. The zero-order valence-electron chi connectivity index (χ0n) is 8.37. The first-order valence-corrected chi connectivity index (χ1v) is 6.16. The van der Waals surface area contributed by atoms with Gasteiger partial charge in [0.2, 0.25) is 0 Å². The second-order valence-corrected chi connectivity index (χ2v) is 4.96. The number of fused-ring (bicyclic) bond motifs is 1.